The first-order chi connectivity index (χ1) is 18.8. The molecule has 8 rings (SSSR count). The van der Waals surface area contributed by atoms with E-state index in [2.05, 4.69) is 72.8 Å². The molecule has 0 N–H and O–H groups in total. The molecule has 38 heavy (non-hydrogen) atoms. The molecule has 0 spiro atoms. The third-order valence-corrected chi connectivity index (χ3v) is 7.97. The Labute approximate surface area is 221 Å². The van der Waals surface area contributed by atoms with Gasteiger partial charge in [-0.1, -0.05) is 72.8 Å². The summed E-state index contributed by atoms with van der Waals surface area (Å²) in [6.07, 6.45) is 0. The Hall–Kier alpha value is -4.87. The van der Waals surface area contributed by atoms with Crippen LogP contribution < -0.4 is 0 Å². The summed E-state index contributed by atoms with van der Waals surface area (Å²) in [6, 6.07) is 39.6. The predicted molar refractivity (Wildman–Crippen MR) is 156 cm³/mol. The van der Waals surface area contributed by atoms with E-state index in [-0.39, 0.29) is 0 Å². The zero-order valence-electron chi connectivity index (χ0n) is 20.1. The number of aromatic nitrogens is 3. The van der Waals surface area contributed by atoms with Crippen LogP contribution in [-0.4, -0.2) is 15.0 Å². The SMILES string of the molecule is c1ccc2c(-c3cc(-c4nc5ccccc5o4)nc(-c4nc5ccccc5s4)c3)c3ccccc3cc2c1. The average Bonchev–Trinajstić information content (AvgIpc) is 3.60. The number of pyridine rings is 1. The molecule has 178 valence electrons. The summed E-state index contributed by atoms with van der Waals surface area (Å²) in [7, 11) is 0. The standard InChI is InChI=1S/C33H19N3OS/c1-3-11-23-20(9-1)17-21-10-2-4-12-24(21)31(23)22-18-27(32-35-25-13-5-7-15-29(25)37-32)34-28(19-22)33-36-26-14-6-8-16-30(26)38-33/h1-19H. The fourth-order valence-corrected chi connectivity index (χ4v) is 6.11. The highest BCUT2D eigenvalue weighted by molar-refractivity contribution is 7.21. The van der Waals surface area contributed by atoms with E-state index in [1.165, 1.54) is 27.1 Å². The number of benzene rings is 5. The molecule has 0 radical (unpaired) electrons. The fraction of sp³-hybridized carbons (Fsp3) is 0. The van der Waals surface area contributed by atoms with Crippen molar-refractivity contribution in [1.29, 1.82) is 0 Å². The second kappa shape index (κ2) is 8.33. The Morgan fingerprint density at radius 1 is 0.553 bits per heavy atom. The average molecular weight is 506 g/mol. The van der Waals surface area contributed by atoms with Crippen molar-refractivity contribution in [2.45, 2.75) is 0 Å². The lowest BCUT2D eigenvalue weighted by Crippen LogP contribution is -1.93. The molecule has 0 aliphatic rings. The summed E-state index contributed by atoms with van der Waals surface area (Å²) in [6.45, 7) is 0. The molecule has 0 bridgehead atoms. The number of oxazole rings is 1. The molecular formula is C33H19N3OS. The topological polar surface area (TPSA) is 51.8 Å². The number of hydrogen-bond acceptors (Lipinski definition) is 5. The van der Waals surface area contributed by atoms with Crippen molar-refractivity contribution in [2.75, 3.05) is 0 Å². The van der Waals surface area contributed by atoms with Gasteiger partial charge in [0.15, 0.2) is 5.58 Å². The van der Waals surface area contributed by atoms with Crippen molar-refractivity contribution in [3.05, 3.63) is 115 Å². The second-order valence-electron chi connectivity index (χ2n) is 9.29. The minimum Gasteiger partial charge on any atom is -0.435 e. The van der Waals surface area contributed by atoms with E-state index >= 15 is 0 Å². The van der Waals surface area contributed by atoms with Gasteiger partial charge in [0, 0.05) is 0 Å². The minimum atomic E-state index is 0.500. The maximum atomic E-state index is 6.18. The molecule has 0 fully saturated rings. The number of para-hydroxylation sites is 3. The van der Waals surface area contributed by atoms with Gasteiger partial charge in [-0.25, -0.2) is 15.0 Å². The van der Waals surface area contributed by atoms with Gasteiger partial charge in [0.05, 0.1) is 10.2 Å². The van der Waals surface area contributed by atoms with E-state index in [0.717, 1.165) is 37.6 Å². The maximum absolute atomic E-state index is 6.18. The number of thiazole rings is 1. The summed E-state index contributed by atoms with van der Waals surface area (Å²) in [5, 5.41) is 5.65. The second-order valence-corrected chi connectivity index (χ2v) is 10.3. The van der Waals surface area contributed by atoms with Gasteiger partial charge in [-0.3, -0.25) is 0 Å². The van der Waals surface area contributed by atoms with E-state index in [1.54, 1.807) is 11.3 Å². The van der Waals surface area contributed by atoms with Crippen LogP contribution in [0.25, 0.3) is 76.3 Å². The first-order valence-electron chi connectivity index (χ1n) is 12.4. The molecule has 4 nitrogen and oxygen atoms in total. The van der Waals surface area contributed by atoms with Gasteiger partial charge in [0.1, 0.15) is 21.9 Å². The van der Waals surface area contributed by atoms with Crippen molar-refractivity contribution < 1.29 is 4.42 Å². The summed E-state index contributed by atoms with van der Waals surface area (Å²) < 4.78 is 7.31. The largest absolute Gasteiger partial charge is 0.435 e. The summed E-state index contributed by atoms with van der Waals surface area (Å²) >= 11 is 1.65. The van der Waals surface area contributed by atoms with Gasteiger partial charge >= 0.3 is 0 Å². The van der Waals surface area contributed by atoms with Gasteiger partial charge in [-0.2, -0.15) is 0 Å². The summed E-state index contributed by atoms with van der Waals surface area (Å²) in [4.78, 5) is 14.7. The van der Waals surface area contributed by atoms with Crippen molar-refractivity contribution >= 4 is 54.2 Å². The van der Waals surface area contributed by atoms with E-state index in [9.17, 15) is 0 Å². The van der Waals surface area contributed by atoms with E-state index in [0.29, 0.717) is 11.6 Å². The highest BCUT2D eigenvalue weighted by atomic mass is 32.1. The van der Waals surface area contributed by atoms with E-state index < -0.39 is 0 Å². The van der Waals surface area contributed by atoms with Crippen molar-refractivity contribution in [2.24, 2.45) is 0 Å². The van der Waals surface area contributed by atoms with Crippen LogP contribution in [0.5, 0.6) is 0 Å². The van der Waals surface area contributed by atoms with Crippen LogP contribution in [0, 0.1) is 0 Å². The van der Waals surface area contributed by atoms with Crippen LogP contribution in [0.15, 0.2) is 120 Å². The van der Waals surface area contributed by atoms with E-state index in [1.807, 2.05) is 42.5 Å². The molecule has 0 aliphatic heterocycles. The molecule has 8 aromatic rings. The van der Waals surface area contributed by atoms with Gasteiger partial charge in [-0.15, -0.1) is 11.3 Å². The summed E-state index contributed by atoms with van der Waals surface area (Å²) in [5.41, 5.74) is 6.24. The van der Waals surface area contributed by atoms with Crippen LogP contribution >= 0.6 is 11.3 Å². The number of nitrogens with zero attached hydrogens (tertiary/aromatic N) is 3. The Balaban J connectivity index is 1.45. The first kappa shape index (κ1) is 21.2. The van der Waals surface area contributed by atoms with Crippen LogP contribution in [0.4, 0.5) is 0 Å². The number of hydrogen-bond donors (Lipinski definition) is 0. The first-order valence-corrected chi connectivity index (χ1v) is 13.3. The molecule has 0 saturated carbocycles. The molecule has 0 aliphatic carbocycles. The normalized spacial score (nSPS) is 11.7. The molecule has 3 heterocycles. The van der Waals surface area contributed by atoms with Crippen molar-refractivity contribution in [3.8, 4) is 33.4 Å². The third-order valence-electron chi connectivity index (χ3n) is 6.91. The zero-order valence-corrected chi connectivity index (χ0v) is 20.9. The fourth-order valence-electron chi connectivity index (χ4n) is 5.18. The monoisotopic (exact) mass is 505 g/mol. The van der Waals surface area contributed by atoms with Gasteiger partial charge in [-0.05, 0) is 75.1 Å². The Morgan fingerprint density at radius 3 is 1.97 bits per heavy atom. The van der Waals surface area contributed by atoms with Gasteiger partial charge < -0.3 is 4.42 Å². The predicted octanol–water partition coefficient (Wildman–Crippen LogP) is 9.14. The Bertz CT molecular complexity index is 1950. The lowest BCUT2D eigenvalue weighted by atomic mass is 9.92. The van der Waals surface area contributed by atoms with E-state index in [4.69, 9.17) is 19.4 Å². The molecule has 0 unspecified atom stereocenters. The minimum absolute atomic E-state index is 0.500. The molecular weight excluding hydrogens is 486 g/mol. The van der Waals surface area contributed by atoms with Crippen LogP contribution in [0.1, 0.15) is 0 Å². The highest BCUT2D eigenvalue weighted by Crippen LogP contribution is 2.40. The number of fused-ring (bicyclic) bond motifs is 4. The highest BCUT2D eigenvalue weighted by Gasteiger charge is 2.18. The van der Waals surface area contributed by atoms with Crippen LogP contribution in [-0.2, 0) is 0 Å². The number of rotatable bonds is 3. The lowest BCUT2D eigenvalue weighted by Gasteiger charge is -2.13. The smallest absolute Gasteiger partial charge is 0.246 e. The molecule has 0 amide bonds. The molecule has 5 heteroatoms. The van der Waals surface area contributed by atoms with Crippen molar-refractivity contribution in [1.82, 2.24) is 15.0 Å². The molecule has 5 aromatic carbocycles. The maximum Gasteiger partial charge on any atom is 0.246 e. The van der Waals surface area contributed by atoms with Gasteiger partial charge in [0.25, 0.3) is 0 Å². The Morgan fingerprint density at radius 2 is 1.21 bits per heavy atom. The Kier molecular flexibility index (Phi) is 4.66. The molecule has 0 atom stereocenters. The summed E-state index contributed by atoms with van der Waals surface area (Å²) in [5.74, 6) is 0.500. The van der Waals surface area contributed by atoms with Crippen LogP contribution in [0.2, 0.25) is 0 Å². The van der Waals surface area contributed by atoms with Crippen LogP contribution in [0.3, 0.4) is 0 Å². The van der Waals surface area contributed by atoms with Gasteiger partial charge in [0.2, 0.25) is 5.89 Å². The third kappa shape index (κ3) is 3.40. The lowest BCUT2D eigenvalue weighted by molar-refractivity contribution is 0.617. The van der Waals surface area contributed by atoms with Crippen molar-refractivity contribution in [3.63, 3.8) is 0 Å². The quantitative estimate of drug-likeness (QED) is 0.225. The molecule has 0 saturated heterocycles. The zero-order chi connectivity index (χ0) is 25.1. The molecule has 3 aromatic heterocycles.